The number of thiophene rings is 1. The maximum atomic E-state index is 12.5. The zero-order chi connectivity index (χ0) is 16.1. The van der Waals surface area contributed by atoms with Gasteiger partial charge in [-0.25, -0.2) is 4.98 Å². The number of rotatable bonds is 6. The molecule has 1 amide bonds. The number of aromatic amines is 1. The number of amides is 1. The van der Waals surface area contributed by atoms with Gasteiger partial charge in [0.25, 0.3) is 5.91 Å². The van der Waals surface area contributed by atoms with E-state index in [1.54, 1.807) is 11.3 Å². The van der Waals surface area contributed by atoms with Gasteiger partial charge in [0.05, 0.1) is 5.56 Å². The van der Waals surface area contributed by atoms with Crippen LogP contribution in [0.15, 0.2) is 47.2 Å². The van der Waals surface area contributed by atoms with Crippen LogP contribution in [0.25, 0.3) is 11.1 Å². The van der Waals surface area contributed by atoms with Gasteiger partial charge in [0.2, 0.25) is 0 Å². The van der Waals surface area contributed by atoms with Crippen molar-refractivity contribution in [3.05, 3.63) is 52.5 Å². The van der Waals surface area contributed by atoms with Crippen LogP contribution in [0.2, 0.25) is 0 Å². The summed E-state index contributed by atoms with van der Waals surface area (Å²) in [5.74, 6) is 0.705. The summed E-state index contributed by atoms with van der Waals surface area (Å²) in [4.78, 5) is 17.6. The van der Waals surface area contributed by atoms with Crippen molar-refractivity contribution in [1.29, 1.82) is 0 Å². The van der Waals surface area contributed by atoms with Gasteiger partial charge in [0, 0.05) is 28.1 Å². The van der Waals surface area contributed by atoms with Gasteiger partial charge in [-0.05, 0) is 12.5 Å². The lowest BCUT2D eigenvalue weighted by Crippen LogP contribution is -2.25. The molecular formula is C16H16N4OS2. The molecule has 0 saturated carbocycles. The third kappa shape index (κ3) is 3.80. The number of nitrogens with zero attached hydrogens (tertiary/aromatic N) is 2. The van der Waals surface area contributed by atoms with E-state index in [2.05, 4.69) is 20.5 Å². The van der Waals surface area contributed by atoms with Crippen molar-refractivity contribution in [3.8, 4) is 11.1 Å². The Labute approximate surface area is 142 Å². The summed E-state index contributed by atoms with van der Waals surface area (Å²) in [5.41, 5.74) is 2.84. The first-order valence-corrected chi connectivity index (χ1v) is 9.02. The van der Waals surface area contributed by atoms with Gasteiger partial charge < -0.3 is 5.32 Å². The molecule has 0 radical (unpaired) electrons. The van der Waals surface area contributed by atoms with Crippen molar-refractivity contribution in [2.24, 2.45) is 0 Å². The van der Waals surface area contributed by atoms with E-state index in [4.69, 9.17) is 0 Å². The number of nitrogens with one attached hydrogen (secondary N) is 2. The molecule has 0 saturated heterocycles. The fraction of sp³-hybridized carbons (Fsp3) is 0.188. The van der Waals surface area contributed by atoms with Gasteiger partial charge in [-0.15, -0.1) is 11.3 Å². The Balaban J connectivity index is 1.64. The van der Waals surface area contributed by atoms with Gasteiger partial charge in [-0.3, -0.25) is 9.89 Å². The van der Waals surface area contributed by atoms with E-state index in [0.29, 0.717) is 6.54 Å². The summed E-state index contributed by atoms with van der Waals surface area (Å²) >= 11 is 3.13. The molecule has 3 rings (SSSR count). The van der Waals surface area contributed by atoms with Crippen LogP contribution in [-0.4, -0.2) is 33.4 Å². The van der Waals surface area contributed by atoms with E-state index in [1.165, 1.54) is 18.1 Å². The molecule has 0 atom stereocenters. The predicted octanol–water partition coefficient (Wildman–Crippen LogP) is 3.36. The molecule has 118 valence electrons. The lowest BCUT2D eigenvalue weighted by Gasteiger charge is -2.07. The third-order valence-electron chi connectivity index (χ3n) is 3.30. The third-order valence-corrected chi connectivity index (χ3v) is 5.09. The van der Waals surface area contributed by atoms with Gasteiger partial charge in [-0.2, -0.15) is 5.10 Å². The summed E-state index contributed by atoms with van der Waals surface area (Å²) in [7, 11) is 0. The smallest absolute Gasteiger partial charge is 0.252 e. The molecule has 3 aromatic rings. The Morgan fingerprint density at radius 2 is 2.17 bits per heavy atom. The number of H-pyrrole nitrogens is 1. The molecule has 2 aromatic heterocycles. The molecule has 0 spiro atoms. The van der Waals surface area contributed by atoms with Crippen LogP contribution in [-0.2, 0) is 0 Å². The lowest BCUT2D eigenvalue weighted by molar-refractivity contribution is 0.0957. The quantitative estimate of drug-likeness (QED) is 0.531. The van der Waals surface area contributed by atoms with E-state index in [1.807, 2.05) is 42.6 Å². The van der Waals surface area contributed by atoms with Gasteiger partial charge in [0.15, 0.2) is 5.16 Å². The first-order chi connectivity index (χ1) is 11.3. The molecule has 5 nitrogen and oxygen atoms in total. The molecule has 0 fully saturated rings. The number of thioether (sulfide) groups is 1. The number of carbonyl (C=O) groups is 1. The second-order valence-corrected chi connectivity index (χ2v) is 7.01. The summed E-state index contributed by atoms with van der Waals surface area (Å²) in [5, 5.41) is 12.2. The van der Waals surface area contributed by atoms with Gasteiger partial charge in [0.1, 0.15) is 6.33 Å². The standard InChI is InChI=1S/C16H16N4OS2/c1-11-14(12-5-3-2-4-6-12)13(9-23-11)15(21)17-7-8-22-16-18-10-19-20-16/h2-6,9-10H,7-8H2,1H3,(H,17,21)(H,18,19,20). The van der Waals surface area contributed by atoms with E-state index in [9.17, 15) is 4.79 Å². The van der Waals surface area contributed by atoms with Gasteiger partial charge >= 0.3 is 0 Å². The minimum absolute atomic E-state index is 0.0358. The van der Waals surface area contributed by atoms with Crippen LogP contribution < -0.4 is 5.32 Å². The highest BCUT2D eigenvalue weighted by atomic mass is 32.2. The topological polar surface area (TPSA) is 70.7 Å². The van der Waals surface area contributed by atoms with Crippen molar-refractivity contribution in [3.63, 3.8) is 0 Å². The molecule has 0 aliphatic rings. The first kappa shape index (κ1) is 15.8. The van der Waals surface area contributed by atoms with Crippen molar-refractivity contribution in [1.82, 2.24) is 20.5 Å². The van der Waals surface area contributed by atoms with E-state index < -0.39 is 0 Å². The van der Waals surface area contributed by atoms with Crippen molar-refractivity contribution >= 4 is 29.0 Å². The number of hydrogen-bond acceptors (Lipinski definition) is 5. The molecule has 0 unspecified atom stereocenters. The molecule has 0 aliphatic carbocycles. The van der Waals surface area contributed by atoms with E-state index >= 15 is 0 Å². The Morgan fingerprint density at radius 3 is 2.91 bits per heavy atom. The first-order valence-electron chi connectivity index (χ1n) is 7.15. The molecule has 7 heteroatoms. The van der Waals surface area contributed by atoms with Crippen LogP contribution in [0.4, 0.5) is 0 Å². The number of carbonyl (C=O) groups excluding carboxylic acids is 1. The van der Waals surface area contributed by atoms with E-state index in [-0.39, 0.29) is 5.91 Å². The maximum absolute atomic E-state index is 12.5. The second kappa shape index (κ2) is 7.43. The van der Waals surface area contributed by atoms with Crippen LogP contribution >= 0.6 is 23.1 Å². The average Bonchev–Trinajstić information content (AvgIpc) is 3.21. The zero-order valence-electron chi connectivity index (χ0n) is 12.6. The van der Waals surface area contributed by atoms with Crippen molar-refractivity contribution in [2.75, 3.05) is 12.3 Å². The minimum Gasteiger partial charge on any atom is -0.351 e. The highest BCUT2D eigenvalue weighted by Crippen LogP contribution is 2.32. The number of hydrogen-bond donors (Lipinski definition) is 2. The summed E-state index contributed by atoms with van der Waals surface area (Å²) in [6.07, 6.45) is 1.47. The Morgan fingerprint density at radius 1 is 1.35 bits per heavy atom. The molecular weight excluding hydrogens is 328 g/mol. The van der Waals surface area contributed by atoms with Gasteiger partial charge in [-0.1, -0.05) is 42.1 Å². The monoisotopic (exact) mass is 344 g/mol. The molecule has 2 heterocycles. The number of aryl methyl sites for hydroxylation is 1. The fourth-order valence-electron chi connectivity index (χ4n) is 2.26. The van der Waals surface area contributed by atoms with Crippen LogP contribution in [0, 0.1) is 6.92 Å². The van der Waals surface area contributed by atoms with Crippen molar-refractivity contribution < 1.29 is 4.79 Å². The molecule has 1 aromatic carbocycles. The summed E-state index contributed by atoms with van der Waals surface area (Å²) < 4.78 is 0. The van der Waals surface area contributed by atoms with Crippen LogP contribution in [0.1, 0.15) is 15.2 Å². The predicted molar refractivity (Wildman–Crippen MR) is 93.9 cm³/mol. The molecule has 0 bridgehead atoms. The van der Waals surface area contributed by atoms with Crippen LogP contribution in [0.3, 0.4) is 0 Å². The maximum Gasteiger partial charge on any atom is 0.252 e. The molecule has 2 N–H and O–H groups in total. The summed E-state index contributed by atoms with van der Waals surface area (Å²) in [6.45, 7) is 2.62. The minimum atomic E-state index is -0.0358. The normalized spacial score (nSPS) is 10.7. The molecule has 0 aliphatic heterocycles. The van der Waals surface area contributed by atoms with Crippen LogP contribution in [0.5, 0.6) is 0 Å². The second-order valence-electron chi connectivity index (χ2n) is 4.84. The highest BCUT2D eigenvalue weighted by Gasteiger charge is 2.16. The van der Waals surface area contributed by atoms with E-state index in [0.717, 1.165) is 32.5 Å². The SMILES string of the molecule is Cc1scc(C(=O)NCCSc2ncn[nH]2)c1-c1ccccc1. The highest BCUT2D eigenvalue weighted by molar-refractivity contribution is 7.99. The average molecular weight is 344 g/mol. The lowest BCUT2D eigenvalue weighted by atomic mass is 10.0. The fourth-order valence-corrected chi connectivity index (χ4v) is 3.76. The molecule has 23 heavy (non-hydrogen) atoms. The Bertz CT molecular complexity index is 769. The largest absolute Gasteiger partial charge is 0.351 e. The number of benzene rings is 1. The number of aromatic nitrogens is 3. The Hall–Kier alpha value is -2.12. The summed E-state index contributed by atoms with van der Waals surface area (Å²) in [6, 6.07) is 10.0. The Kier molecular flexibility index (Phi) is 5.09. The zero-order valence-corrected chi connectivity index (χ0v) is 14.2. The van der Waals surface area contributed by atoms with Crippen molar-refractivity contribution in [2.45, 2.75) is 12.1 Å².